The molecule has 32 bridgehead atoms. The Labute approximate surface area is 776 Å². The average Bonchev–Trinajstić information content (AvgIpc) is 1.58. The highest BCUT2D eigenvalue weighted by atomic mass is 16.5. The van der Waals surface area contributed by atoms with Crippen LogP contribution in [0, 0.1) is 349 Å². The number of hydrogen-bond acceptors (Lipinski definition) is 8. The second kappa shape index (κ2) is 34.3. The number of methoxy groups -OCH3 is 8. The van der Waals surface area contributed by atoms with Gasteiger partial charge in [0.2, 0.25) is 0 Å². The first-order valence-corrected chi connectivity index (χ1v) is 56.2. The molecule has 0 heterocycles. The van der Waals surface area contributed by atoms with Crippen molar-refractivity contribution in [2.75, 3.05) is 89.9 Å². The maximum atomic E-state index is 5.84. The molecule has 0 saturated heterocycles. The minimum atomic E-state index is 0.573. The minimum absolute atomic E-state index is 0.573. The van der Waals surface area contributed by atoms with Gasteiger partial charge in [0.25, 0.3) is 0 Å². The smallest absolute Gasteiger partial charge is 0.0633 e. The van der Waals surface area contributed by atoms with Gasteiger partial charge in [-0.3, -0.25) is 0 Å². The van der Waals surface area contributed by atoms with Gasteiger partial charge in [-0.25, -0.2) is 0 Å². The highest BCUT2D eigenvalue weighted by Crippen LogP contribution is 2.77. The van der Waals surface area contributed by atoms with E-state index >= 15 is 0 Å². The van der Waals surface area contributed by atoms with Gasteiger partial charge in [-0.15, -0.1) is 0 Å². The lowest BCUT2D eigenvalue weighted by molar-refractivity contribution is -0.0323. The molecule has 62 atom stereocenters. The quantitative estimate of drug-likeness (QED) is 0.0993. The van der Waals surface area contributed by atoms with Crippen LogP contribution in [0.3, 0.4) is 0 Å². The van der Waals surface area contributed by atoms with Crippen molar-refractivity contribution >= 4 is 0 Å². The summed E-state index contributed by atoms with van der Waals surface area (Å²) < 4.78 is 44.3. The predicted octanol–water partition coefficient (Wildman–Crippen LogP) is 24.5. The molecule has 0 radical (unpaired) electrons. The molecular formula is C120H176O8. The van der Waals surface area contributed by atoms with Crippen LogP contribution in [0.1, 0.15) is 189 Å². The molecule has 32 aliphatic rings. The standard InChI is InChI=1S/C17H26O.2C16H24O.2C15H22O.2C14H20O.C13H18O/c1-3-12-13(6-7-18-2)15-9-14(12)16-10-4-5-11(8-10)17(15)16;1-9-12(5-6-17-2)14-8-13(9)15-10-3-4-11(7-10)16(14)15;1-3-11-12-7-13(14(11)8-17-2)16-10-5-4-9(6-10)15(12)16;1-8-11-6-12(13(8)7-16-2)15-10-4-3-9(5-10)14(11)15;1-3-10-11-7-12(15(10)16-2)14-9-5-4-8(6-9)13(11)14;1-7-10-6-11(14(7)15-2)13-9-4-3-8(5-9)12(10)13;1-15-7-11-5-10-6-12(11)14-9-3-2-8(4-9)13(10)14;1-14-11-6-9-5-10(11)13-8-3-2-7(4-8)12(9)13/h4-5,10-17H,3,6-9H2,1-2H3;3-4,9-16H,5-8H2,1-2H3;4-5,9-16H,3,6-8H2,1-2H3;3-4,8-15H,5-7H2,1-2H3;4-5,8-15H,3,6-7H2,1-2H3;3-4,7-14H,5-6H2,1-2H3;2-3,8-14H,4-7H2,1H3;2-3,7-13H,4-6H2,1H3. The Morgan fingerprint density at radius 3 is 0.891 bits per heavy atom. The largest absolute Gasteiger partial charge is 0.385 e. The maximum absolute atomic E-state index is 5.84. The summed E-state index contributed by atoms with van der Waals surface area (Å²) in [6.07, 6.45) is 75.7. The van der Waals surface area contributed by atoms with Crippen molar-refractivity contribution in [3.05, 3.63) is 97.2 Å². The molecule has 24 fully saturated rings. The first-order chi connectivity index (χ1) is 62.7. The molecule has 0 aromatic carbocycles. The molecule has 32 aliphatic carbocycles. The van der Waals surface area contributed by atoms with Crippen molar-refractivity contribution in [3.63, 3.8) is 0 Å². The van der Waals surface area contributed by atoms with E-state index in [1.807, 2.05) is 56.9 Å². The van der Waals surface area contributed by atoms with Gasteiger partial charge in [-0.2, -0.15) is 0 Å². The fraction of sp³-hybridized carbons (Fsp3) is 0.867. The van der Waals surface area contributed by atoms with Crippen molar-refractivity contribution in [2.24, 2.45) is 349 Å². The summed E-state index contributed by atoms with van der Waals surface area (Å²) in [7, 11) is 15.1. The van der Waals surface area contributed by atoms with E-state index in [0.717, 1.165) is 382 Å². The molecule has 0 aliphatic heterocycles. The predicted molar refractivity (Wildman–Crippen MR) is 511 cm³/mol. The van der Waals surface area contributed by atoms with Crippen LogP contribution in [-0.2, 0) is 37.9 Å². The summed E-state index contributed by atoms with van der Waals surface area (Å²) in [6, 6.07) is 0. The monoisotopic (exact) mass is 1750 g/mol. The van der Waals surface area contributed by atoms with E-state index in [9.17, 15) is 0 Å². The summed E-state index contributed by atoms with van der Waals surface area (Å²) in [6.45, 7) is 19.6. The van der Waals surface area contributed by atoms with Gasteiger partial charge in [0, 0.05) is 89.9 Å². The highest BCUT2D eigenvalue weighted by Gasteiger charge is 2.72. The zero-order chi connectivity index (χ0) is 86.6. The van der Waals surface area contributed by atoms with Crippen LogP contribution in [0.2, 0.25) is 0 Å². The van der Waals surface area contributed by atoms with Crippen LogP contribution >= 0.6 is 0 Å². The molecular weight excluding hydrogens is 1570 g/mol. The van der Waals surface area contributed by atoms with Crippen LogP contribution in [0.5, 0.6) is 0 Å². The number of allylic oxidation sites excluding steroid dienone is 16. The summed E-state index contributed by atoms with van der Waals surface area (Å²) >= 11 is 0. The molecule has 8 heteroatoms. The first kappa shape index (κ1) is 87.1. The van der Waals surface area contributed by atoms with E-state index in [1.54, 1.807) is 12.8 Å². The van der Waals surface area contributed by atoms with Crippen LogP contribution in [0.4, 0.5) is 0 Å². The Hall–Kier alpha value is -2.40. The molecule has 32 rings (SSSR count). The van der Waals surface area contributed by atoms with Gasteiger partial charge in [-0.05, 0) is 478 Å². The third-order valence-corrected chi connectivity index (χ3v) is 50.1. The van der Waals surface area contributed by atoms with Gasteiger partial charge in [0.05, 0.1) is 18.3 Å². The molecule has 8 nitrogen and oxygen atoms in total. The molecule has 704 valence electrons. The minimum Gasteiger partial charge on any atom is -0.385 e. The number of rotatable bonds is 18. The van der Waals surface area contributed by atoms with Crippen LogP contribution in [0.25, 0.3) is 0 Å². The third-order valence-electron chi connectivity index (χ3n) is 50.1. The van der Waals surface area contributed by atoms with Crippen molar-refractivity contribution < 1.29 is 37.9 Å². The molecule has 0 aromatic heterocycles. The SMILES string of the molecule is CCC1C(CCOC)C2CC1C1C3C=CC(C3)C21.CCC1C(COC)C2CC1C1C3C=CC(C3)C21.CCC1C2CC(C1OC)C1C3C=CC(C3)C21.COC1C(C)C2CC1C1C3C=CC(C3)C21.COC1CC2CC1C1C3C=CC(C3)C21.COCC1C(C)C2CC1C1C3C=CC(C3)C21.COCC1CC2CC1C1C3C=CC(C3)C21.COCCC1C(C)C2CC1C1C3C=CC(C3)C21. The summed E-state index contributed by atoms with van der Waals surface area (Å²) in [5, 5.41) is 0. The lowest BCUT2D eigenvalue weighted by atomic mass is 9.63. The van der Waals surface area contributed by atoms with E-state index < -0.39 is 0 Å². The van der Waals surface area contributed by atoms with Crippen molar-refractivity contribution in [2.45, 2.75) is 208 Å². The van der Waals surface area contributed by atoms with E-state index in [-0.39, 0.29) is 0 Å². The first-order valence-electron chi connectivity index (χ1n) is 56.2. The van der Waals surface area contributed by atoms with Crippen molar-refractivity contribution in [1.29, 1.82) is 0 Å². The highest BCUT2D eigenvalue weighted by molar-refractivity contribution is 5.30. The second-order valence-electron chi connectivity index (χ2n) is 52.3. The zero-order valence-electron chi connectivity index (χ0n) is 82.1. The van der Waals surface area contributed by atoms with Gasteiger partial charge >= 0.3 is 0 Å². The molecule has 128 heavy (non-hydrogen) atoms. The summed E-state index contributed by atoms with van der Waals surface area (Å²) in [5.41, 5.74) is 0. The number of hydrogen-bond donors (Lipinski definition) is 0. The zero-order valence-corrected chi connectivity index (χ0v) is 82.1. The molecule has 0 amide bonds. The van der Waals surface area contributed by atoms with E-state index in [2.05, 4.69) is 139 Å². The fourth-order valence-corrected chi connectivity index (χ4v) is 47.5. The second-order valence-corrected chi connectivity index (χ2v) is 52.3. The lowest BCUT2D eigenvalue weighted by Crippen LogP contribution is -2.40. The molecule has 0 aromatic rings. The number of ether oxygens (including phenoxy) is 8. The Morgan fingerprint density at radius 2 is 0.484 bits per heavy atom. The van der Waals surface area contributed by atoms with Gasteiger partial charge in [0.1, 0.15) is 0 Å². The lowest BCUT2D eigenvalue weighted by Gasteiger charge is -2.41. The topological polar surface area (TPSA) is 73.8 Å². The van der Waals surface area contributed by atoms with E-state index in [0.29, 0.717) is 18.3 Å². The van der Waals surface area contributed by atoms with Crippen molar-refractivity contribution in [1.82, 2.24) is 0 Å². The van der Waals surface area contributed by atoms with Crippen LogP contribution < -0.4 is 0 Å². The maximum Gasteiger partial charge on any atom is 0.0633 e. The molecule has 0 spiro atoms. The van der Waals surface area contributed by atoms with E-state index in [1.165, 1.54) is 135 Å². The molecule has 0 N–H and O–H groups in total. The van der Waals surface area contributed by atoms with Gasteiger partial charge in [-0.1, -0.05) is 158 Å². The number of fused-ring (bicyclic) bond motifs is 72. The summed E-state index contributed by atoms with van der Waals surface area (Å²) in [4.78, 5) is 0. The third kappa shape index (κ3) is 13.0. The van der Waals surface area contributed by atoms with Crippen molar-refractivity contribution in [3.8, 4) is 0 Å². The Kier molecular flexibility index (Phi) is 23.3. The fourth-order valence-electron chi connectivity index (χ4n) is 47.5. The normalized spacial score (nSPS) is 59.7. The van der Waals surface area contributed by atoms with E-state index in [4.69, 9.17) is 37.9 Å². The van der Waals surface area contributed by atoms with Crippen LogP contribution in [0.15, 0.2) is 97.2 Å². The van der Waals surface area contributed by atoms with Crippen LogP contribution in [-0.4, -0.2) is 108 Å². The van der Waals surface area contributed by atoms with Gasteiger partial charge in [0.15, 0.2) is 0 Å². The Balaban J connectivity index is 0.0000000794. The summed E-state index contributed by atoms with van der Waals surface area (Å²) in [5.74, 6) is 58.0. The Bertz CT molecular complexity index is 4180. The Morgan fingerprint density at radius 1 is 0.203 bits per heavy atom. The molecule has 62 unspecified atom stereocenters. The molecule has 24 saturated carbocycles. The van der Waals surface area contributed by atoms with Gasteiger partial charge < -0.3 is 37.9 Å². The average molecular weight is 1750 g/mol.